The van der Waals surface area contributed by atoms with Crippen LogP contribution in [0.5, 0.6) is 0 Å². The zero-order valence-corrected chi connectivity index (χ0v) is 11.6. The SMILES string of the molecule is O=S(=O)(CCc1ccncc1)NCC1CCC(O)C1. The largest absolute Gasteiger partial charge is 0.393 e. The minimum Gasteiger partial charge on any atom is -0.393 e. The topological polar surface area (TPSA) is 79.3 Å². The van der Waals surface area contributed by atoms with Crippen LogP contribution in [0.25, 0.3) is 0 Å². The summed E-state index contributed by atoms with van der Waals surface area (Å²) in [6.45, 7) is 0.440. The van der Waals surface area contributed by atoms with E-state index in [0.29, 0.717) is 19.4 Å². The third kappa shape index (κ3) is 4.89. The van der Waals surface area contributed by atoms with E-state index >= 15 is 0 Å². The van der Waals surface area contributed by atoms with Crippen molar-refractivity contribution in [3.05, 3.63) is 30.1 Å². The Morgan fingerprint density at radius 3 is 2.68 bits per heavy atom. The second-order valence-corrected chi connectivity index (χ2v) is 7.03. The predicted octanol–water partition coefficient (Wildman–Crippen LogP) is 0.704. The summed E-state index contributed by atoms with van der Waals surface area (Å²) in [5.41, 5.74) is 0.969. The average molecular weight is 284 g/mol. The minimum atomic E-state index is -3.24. The van der Waals surface area contributed by atoms with E-state index < -0.39 is 10.0 Å². The molecule has 1 aliphatic rings. The highest BCUT2D eigenvalue weighted by atomic mass is 32.2. The molecule has 5 nitrogen and oxygen atoms in total. The summed E-state index contributed by atoms with van der Waals surface area (Å²) in [5, 5.41) is 9.40. The Labute approximate surface area is 114 Å². The van der Waals surface area contributed by atoms with Gasteiger partial charge in [0.1, 0.15) is 0 Å². The van der Waals surface area contributed by atoms with Crippen molar-refractivity contribution < 1.29 is 13.5 Å². The molecule has 0 spiro atoms. The first-order chi connectivity index (χ1) is 9.05. The second-order valence-electron chi connectivity index (χ2n) is 5.11. The van der Waals surface area contributed by atoms with Gasteiger partial charge in [-0.3, -0.25) is 4.98 Å². The molecule has 1 heterocycles. The number of nitrogens with zero attached hydrogens (tertiary/aromatic N) is 1. The molecule has 1 fully saturated rings. The molecule has 2 atom stereocenters. The van der Waals surface area contributed by atoms with Crippen molar-refractivity contribution >= 4 is 10.0 Å². The van der Waals surface area contributed by atoms with Gasteiger partial charge in [0.2, 0.25) is 10.0 Å². The number of sulfonamides is 1. The standard InChI is InChI=1S/C13H20N2O3S/c16-13-2-1-12(9-13)10-15-19(17,18)8-5-11-3-6-14-7-4-11/h3-4,6-7,12-13,15-16H,1-2,5,8-10H2. The molecular formula is C13H20N2O3S. The van der Waals surface area contributed by atoms with Gasteiger partial charge in [-0.2, -0.15) is 0 Å². The van der Waals surface area contributed by atoms with E-state index in [0.717, 1.165) is 18.4 Å². The summed E-state index contributed by atoms with van der Waals surface area (Å²) in [4.78, 5) is 3.90. The van der Waals surface area contributed by atoms with Crippen LogP contribution < -0.4 is 4.72 Å². The molecule has 106 valence electrons. The quantitative estimate of drug-likeness (QED) is 0.806. The van der Waals surface area contributed by atoms with Gasteiger partial charge in [0.05, 0.1) is 11.9 Å². The monoisotopic (exact) mass is 284 g/mol. The van der Waals surface area contributed by atoms with E-state index in [1.165, 1.54) is 0 Å². The lowest BCUT2D eigenvalue weighted by Gasteiger charge is -2.11. The molecule has 1 aromatic heterocycles. The van der Waals surface area contributed by atoms with Gasteiger partial charge in [-0.1, -0.05) is 0 Å². The van der Waals surface area contributed by atoms with Crippen LogP contribution in [0.15, 0.2) is 24.5 Å². The molecule has 19 heavy (non-hydrogen) atoms. The third-order valence-electron chi connectivity index (χ3n) is 3.51. The highest BCUT2D eigenvalue weighted by Crippen LogP contribution is 2.24. The van der Waals surface area contributed by atoms with Gasteiger partial charge in [0.15, 0.2) is 0 Å². The Balaban J connectivity index is 1.76. The van der Waals surface area contributed by atoms with E-state index in [-0.39, 0.29) is 17.8 Å². The molecule has 2 unspecified atom stereocenters. The number of hydrogen-bond acceptors (Lipinski definition) is 4. The van der Waals surface area contributed by atoms with Crippen LogP contribution in [0.2, 0.25) is 0 Å². The van der Waals surface area contributed by atoms with Gasteiger partial charge in [-0.25, -0.2) is 13.1 Å². The summed E-state index contributed by atoms with van der Waals surface area (Å²) in [6.07, 6.45) is 5.94. The fourth-order valence-electron chi connectivity index (χ4n) is 2.35. The first kappa shape index (κ1) is 14.4. The Hall–Kier alpha value is -0.980. The van der Waals surface area contributed by atoms with Gasteiger partial charge in [0.25, 0.3) is 0 Å². The van der Waals surface area contributed by atoms with Crippen molar-refractivity contribution in [2.24, 2.45) is 5.92 Å². The maximum Gasteiger partial charge on any atom is 0.211 e. The van der Waals surface area contributed by atoms with E-state index in [4.69, 9.17) is 0 Å². The molecule has 2 rings (SSSR count). The van der Waals surface area contributed by atoms with Crippen LogP contribution in [0.4, 0.5) is 0 Å². The number of aromatic nitrogens is 1. The molecular weight excluding hydrogens is 264 g/mol. The van der Waals surface area contributed by atoms with E-state index in [2.05, 4.69) is 9.71 Å². The van der Waals surface area contributed by atoms with Crippen LogP contribution in [-0.4, -0.2) is 36.9 Å². The van der Waals surface area contributed by atoms with Gasteiger partial charge < -0.3 is 5.11 Å². The summed E-state index contributed by atoms with van der Waals surface area (Å²) in [5.74, 6) is 0.359. The van der Waals surface area contributed by atoms with Crippen LogP contribution in [-0.2, 0) is 16.4 Å². The first-order valence-corrected chi connectivity index (χ1v) is 8.25. The molecule has 0 amide bonds. The van der Waals surface area contributed by atoms with Crippen LogP contribution >= 0.6 is 0 Å². The molecule has 1 aromatic rings. The summed E-state index contributed by atoms with van der Waals surface area (Å²) in [6, 6.07) is 3.64. The highest BCUT2D eigenvalue weighted by molar-refractivity contribution is 7.89. The molecule has 0 aromatic carbocycles. The van der Waals surface area contributed by atoms with Crippen molar-refractivity contribution in [1.82, 2.24) is 9.71 Å². The number of aliphatic hydroxyl groups is 1. The minimum absolute atomic E-state index is 0.0896. The van der Waals surface area contributed by atoms with Crippen LogP contribution in [0, 0.1) is 5.92 Å². The molecule has 0 aliphatic heterocycles. The molecule has 0 bridgehead atoms. The maximum absolute atomic E-state index is 11.9. The smallest absolute Gasteiger partial charge is 0.211 e. The van der Waals surface area contributed by atoms with Gasteiger partial charge >= 0.3 is 0 Å². The Morgan fingerprint density at radius 2 is 2.05 bits per heavy atom. The number of pyridine rings is 1. The number of aliphatic hydroxyl groups excluding tert-OH is 1. The lowest BCUT2D eigenvalue weighted by Crippen LogP contribution is -2.31. The molecule has 6 heteroatoms. The Kier molecular flexibility index (Phi) is 4.90. The molecule has 2 N–H and O–H groups in total. The third-order valence-corrected chi connectivity index (χ3v) is 4.86. The summed E-state index contributed by atoms with van der Waals surface area (Å²) in [7, 11) is -3.24. The van der Waals surface area contributed by atoms with Crippen LogP contribution in [0.3, 0.4) is 0 Å². The van der Waals surface area contributed by atoms with Crippen molar-refractivity contribution in [3.8, 4) is 0 Å². The number of nitrogens with one attached hydrogen (secondary N) is 1. The average Bonchev–Trinajstić information content (AvgIpc) is 2.82. The van der Waals surface area contributed by atoms with E-state index in [1.807, 2.05) is 12.1 Å². The summed E-state index contributed by atoms with van der Waals surface area (Å²) >= 11 is 0. The van der Waals surface area contributed by atoms with E-state index in [9.17, 15) is 13.5 Å². The molecule has 0 saturated heterocycles. The number of rotatable bonds is 6. The van der Waals surface area contributed by atoms with Crippen molar-refractivity contribution in [2.75, 3.05) is 12.3 Å². The fourth-order valence-corrected chi connectivity index (χ4v) is 3.49. The number of hydrogen-bond donors (Lipinski definition) is 2. The first-order valence-electron chi connectivity index (χ1n) is 6.59. The lowest BCUT2D eigenvalue weighted by molar-refractivity contribution is 0.178. The Bertz CT molecular complexity index is 490. The van der Waals surface area contributed by atoms with E-state index in [1.54, 1.807) is 12.4 Å². The van der Waals surface area contributed by atoms with Gasteiger partial charge in [0, 0.05) is 18.9 Å². The Morgan fingerprint density at radius 1 is 1.32 bits per heavy atom. The normalized spacial score (nSPS) is 23.6. The predicted molar refractivity (Wildman–Crippen MR) is 73.1 cm³/mol. The molecule has 0 radical (unpaired) electrons. The van der Waals surface area contributed by atoms with Gasteiger partial charge in [-0.05, 0) is 49.3 Å². The molecule has 1 aliphatic carbocycles. The van der Waals surface area contributed by atoms with Crippen molar-refractivity contribution in [1.29, 1.82) is 0 Å². The maximum atomic E-state index is 11.9. The summed E-state index contributed by atoms with van der Waals surface area (Å²) < 4.78 is 26.3. The number of aryl methyl sites for hydroxylation is 1. The fraction of sp³-hybridized carbons (Fsp3) is 0.615. The lowest BCUT2D eigenvalue weighted by atomic mass is 10.1. The second kappa shape index (κ2) is 6.45. The molecule has 1 saturated carbocycles. The van der Waals surface area contributed by atoms with Crippen molar-refractivity contribution in [2.45, 2.75) is 31.8 Å². The zero-order valence-electron chi connectivity index (χ0n) is 10.8. The highest BCUT2D eigenvalue weighted by Gasteiger charge is 2.24. The van der Waals surface area contributed by atoms with Crippen molar-refractivity contribution in [3.63, 3.8) is 0 Å². The van der Waals surface area contributed by atoms with Gasteiger partial charge in [-0.15, -0.1) is 0 Å². The zero-order chi connectivity index (χ0) is 13.7. The van der Waals surface area contributed by atoms with Crippen LogP contribution in [0.1, 0.15) is 24.8 Å².